The van der Waals surface area contributed by atoms with Gasteiger partial charge in [0.25, 0.3) is 0 Å². The maximum Gasteiger partial charge on any atom is 0.123 e. The molecule has 108 valence electrons. The van der Waals surface area contributed by atoms with Crippen molar-refractivity contribution in [2.24, 2.45) is 12.8 Å². The fraction of sp³-hybridized carbons (Fsp3) is 0.176. The molecule has 1 heterocycles. The molecule has 0 aliphatic heterocycles. The fourth-order valence-electron chi connectivity index (χ4n) is 2.50. The predicted octanol–water partition coefficient (Wildman–Crippen LogP) is 2.92. The number of aromatic nitrogens is 1. The quantitative estimate of drug-likeness (QED) is 0.773. The molecule has 0 saturated heterocycles. The second kappa shape index (κ2) is 5.50. The third kappa shape index (κ3) is 2.71. The average molecular weight is 282 g/mol. The third-order valence-corrected chi connectivity index (χ3v) is 3.58. The molecular weight excluding hydrogens is 264 g/mol. The summed E-state index contributed by atoms with van der Waals surface area (Å²) < 4.78 is 7.84. The summed E-state index contributed by atoms with van der Waals surface area (Å²) in [6, 6.07) is 13.1. The monoisotopic (exact) mass is 282 g/mol. The van der Waals surface area contributed by atoms with Crippen molar-refractivity contribution in [1.29, 1.82) is 0 Å². The van der Waals surface area contributed by atoms with Crippen LogP contribution in [0.1, 0.15) is 11.1 Å². The normalized spacial score (nSPS) is 11.0. The highest BCUT2D eigenvalue weighted by atomic mass is 16.5. The minimum Gasteiger partial charge on any atom is -0.508 e. The highest BCUT2D eigenvalue weighted by Crippen LogP contribution is 2.24. The van der Waals surface area contributed by atoms with Gasteiger partial charge in [-0.25, -0.2) is 0 Å². The van der Waals surface area contributed by atoms with Crippen LogP contribution in [-0.4, -0.2) is 9.67 Å². The van der Waals surface area contributed by atoms with Crippen LogP contribution in [0.5, 0.6) is 11.5 Å². The van der Waals surface area contributed by atoms with E-state index in [0.29, 0.717) is 18.9 Å². The maximum absolute atomic E-state index is 9.46. The number of rotatable bonds is 4. The van der Waals surface area contributed by atoms with Crippen LogP contribution in [0.25, 0.3) is 10.9 Å². The smallest absolute Gasteiger partial charge is 0.123 e. The van der Waals surface area contributed by atoms with E-state index in [4.69, 9.17) is 10.5 Å². The van der Waals surface area contributed by atoms with E-state index in [1.165, 1.54) is 0 Å². The van der Waals surface area contributed by atoms with Crippen molar-refractivity contribution < 1.29 is 9.84 Å². The molecule has 0 atom stereocenters. The lowest BCUT2D eigenvalue weighted by molar-refractivity contribution is 0.305. The van der Waals surface area contributed by atoms with Crippen molar-refractivity contribution in [1.82, 2.24) is 4.57 Å². The number of nitrogens with two attached hydrogens (primary N) is 1. The number of ether oxygens (including phenoxy) is 1. The van der Waals surface area contributed by atoms with Crippen molar-refractivity contribution in [3.8, 4) is 11.5 Å². The van der Waals surface area contributed by atoms with E-state index in [-0.39, 0.29) is 5.75 Å². The molecule has 3 rings (SSSR count). The number of phenols is 1. The average Bonchev–Trinajstić information content (AvgIpc) is 2.81. The molecule has 3 N–H and O–H groups in total. The zero-order chi connectivity index (χ0) is 14.8. The van der Waals surface area contributed by atoms with Crippen molar-refractivity contribution in [3.63, 3.8) is 0 Å². The van der Waals surface area contributed by atoms with E-state index in [9.17, 15) is 5.11 Å². The summed E-state index contributed by atoms with van der Waals surface area (Å²) in [4.78, 5) is 0. The largest absolute Gasteiger partial charge is 0.508 e. The Kier molecular flexibility index (Phi) is 3.54. The first kappa shape index (κ1) is 13.5. The molecule has 0 unspecified atom stereocenters. The predicted molar refractivity (Wildman–Crippen MR) is 83.2 cm³/mol. The first-order valence-corrected chi connectivity index (χ1v) is 6.86. The Morgan fingerprint density at radius 1 is 1.19 bits per heavy atom. The second-order valence-electron chi connectivity index (χ2n) is 5.11. The molecular formula is C17H18N2O2. The molecule has 2 aromatic carbocycles. The molecule has 4 heteroatoms. The highest BCUT2D eigenvalue weighted by Gasteiger charge is 2.08. The summed E-state index contributed by atoms with van der Waals surface area (Å²) in [7, 11) is 2.02. The first-order valence-electron chi connectivity index (χ1n) is 6.86. The molecule has 0 aliphatic carbocycles. The lowest BCUT2D eigenvalue weighted by atomic mass is 10.1. The molecule has 4 nitrogen and oxygen atoms in total. The molecule has 1 aromatic heterocycles. The lowest BCUT2D eigenvalue weighted by Crippen LogP contribution is -1.97. The fourth-order valence-corrected chi connectivity index (χ4v) is 2.50. The number of benzene rings is 2. The standard InChI is InChI=1S/C17H18N2O2/c1-19-10-13(11-21-15-4-2-3-14(20)8-15)16-7-12(9-18)5-6-17(16)19/h2-8,10,20H,9,11,18H2,1H3. The van der Waals surface area contributed by atoms with Gasteiger partial charge < -0.3 is 20.1 Å². The van der Waals surface area contributed by atoms with Gasteiger partial charge in [0.15, 0.2) is 0 Å². The Bertz CT molecular complexity index is 778. The molecule has 0 spiro atoms. The van der Waals surface area contributed by atoms with Gasteiger partial charge in [-0.2, -0.15) is 0 Å². The number of phenolic OH excluding ortho intramolecular Hbond substituents is 1. The number of aromatic hydroxyl groups is 1. The van der Waals surface area contributed by atoms with Crippen LogP contribution in [-0.2, 0) is 20.2 Å². The van der Waals surface area contributed by atoms with Gasteiger partial charge >= 0.3 is 0 Å². The van der Waals surface area contributed by atoms with Gasteiger partial charge in [-0.15, -0.1) is 0 Å². The van der Waals surface area contributed by atoms with E-state index >= 15 is 0 Å². The van der Waals surface area contributed by atoms with Gasteiger partial charge in [0.05, 0.1) is 0 Å². The number of hydrogen-bond acceptors (Lipinski definition) is 3. The summed E-state index contributed by atoms with van der Waals surface area (Å²) >= 11 is 0. The highest BCUT2D eigenvalue weighted by molar-refractivity contribution is 5.84. The topological polar surface area (TPSA) is 60.4 Å². The summed E-state index contributed by atoms with van der Waals surface area (Å²) in [6.45, 7) is 0.979. The van der Waals surface area contributed by atoms with Crippen LogP contribution >= 0.6 is 0 Å². The summed E-state index contributed by atoms with van der Waals surface area (Å²) in [5, 5.41) is 10.6. The van der Waals surface area contributed by atoms with E-state index < -0.39 is 0 Å². The van der Waals surface area contributed by atoms with Crippen molar-refractivity contribution in [3.05, 3.63) is 59.8 Å². The van der Waals surface area contributed by atoms with Crippen LogP contribution < -0.4 is 10.5 Å². The minimum absolute atomic E-state index is 0.204. The Labute approximate surface area is 123 Å². The number of nitrogens with zero attached hydrogens (tertiary/aromatic N) is 1. The maximum atomic E-state index is 9.46. The van der Waals surface area contributed by atoms with Crippen molar-refractivity contribution in [2.45, 2.75) is 13.2 Å². The Hall–Kier alpha value is -2.46. The summed E-state index contributed by atoms with van der Waals surface area (Å²) in [6.07, 6.45) is 2.06. The number of fused-ring (bicyclic) bond motifs is 1. The number of hydrogen-bond donors (Lipinski definition) is 2. The molecule has 0 radical (unpaired) electrons. The molecule has 0 saturated carbocycles. The van der Waals surface area contributed by atoms with Crippen LogP contribution in [0.15, 0.2) is 48.7 Å². The SMILES string of the molecule is Cn1cc(COc2cccc(O)c2)c2cc(CN)ccc21. The van der Waals surface area contributed by atoms with Gasteiger partial charge in [-0.1, -0.05) is 12.1 Å². The van der Waals surface area contributed by atoms with Crippen LogP contribution in [0.2, 0.25) is 0 Å². The molecule has 21 heavy (non-hydrogen) atoms. The summed E-state index contributed by atoms with van der Waals surface area (Å²) in [5.74, 6) is 0.859. The zero-order valence-corrected chi connectivity index (χ0v) is 11.9. The van der Waals surface area contributed by atoms with Crippen LogP contribution in [0, 0.1) is 0 Å². The van der Waals surface area contributed by atoms with Gasteiger partial charge in [0.2, 0.25) is 0 Å². The summed E-state index contributed by atoms with van der Waals surface area (Å²) in [5.41, 5.74) is 9.07. The van der Waals surface area contributed by atoms with Gasteiger partial charge in [0, 0.05) is 42.3 Å². The molecule has 0 aliphatic rings. The van der Waals surface area contributed by atoms with Crippen LogP contribution in [0.4, 0.5) is 0 Å². The Morgan fingerprint density at radius 3 is 2.81 bits per heavy atom. The zero-order valence-electron chi connectivity index (χ0n) is 11.9. The van der Waals surface area contributed by atoms with Crippen molar-refractivity contribution in [2.75, 3.05) is 0 Å². The molecule has 0 amide bonds. The van der Waals surface area contributed by atoms with E-state index in [0.717, 1.165) is 22.0 Å². The van der Waals surface area contributed by atoms with E-state index in [2.05, 4.69) is 22.9 Å². The minimum atomic E-state index is 0.204. The Morgan fingerprint density at radius 2 is 2.05 bits per heavy atom. The van der Waals surface area contributed by atoms with Gasteiger partial charge in [0.1, 0.15) is 18.1 Å². The lowest BCUT2D eigenvalue weighted by Gasteiger charge is -2.06. The van der Waals surface area contributed by atoms with E-state index in [1.807, 2.05) is 19.2 Å². The third-order valence-electron chi connectivity index (χ3n) is 3.58. The Balaban J connectivity index is 1.89. The molecule has 0 fully saturated rings. The van der Waals surface area contributed by atoms with Gasteiger partial charge in [-0.05, 0) is 29.8 Å². The second-order valence-corrected chi connectivity index (χ2v) is 5.11. The molecule has 0 bridgehead atoms. The van der Waals surface area contributed by atoms with Crippen molar-refractivity contribution >= 4 is 10.9 Å². The van der Waals surface area contributed by atoms with Crippen LogP contribution in [0.3, 0.4) is 0 Å². The van der Waals surface area contributed by atoms with Gasteiger partial charge in [-0.3, -0.25) is 0 Å². The molecule has 3 aromatic rings. The first-order chi connectivity index (χ1) is 10.2. The van der Waals surface area contributed by atoms with E-state index in [1.54, 1.807) is 18.2 Å². The number of aryl methyl sites for hydroxylation is 1.